The zero-order chi connectivity index (χ0) is 17.2. The van der Waals surface area contributed by atoms with Crippen LogP contribution in [0.25, 0.3) is 10.9 Å². The maximum absolute atomic E-state index is 12.1. The fraction of sp³-hybridized carbons (Fsp3) is 0.353. The van der Waals surface area contributed by atoms with Gasteiger partial charge < -0.3 is 20.7 Å². The van der Waals surface area contributed by atoms with Crippen LogP contribution >= 0.6 is 0 Å². The number of aliphatic carboxylic acids is 1. The Balaban J connectivity index is 1.55. The molecular weight excluding hydrogens is 310 g/mol. The van der Waals surface area contributed by atoms with Gasteiger partial charge in [0.2, 0.25) is 5.91 Å². The van der Waals surface area contributed by atoms with Crippen molar-refractivity contribution < 1.29 is 19.5 Å². The molecule has 0 spiro atoms. The largest absolute Gasteiger partial charge is 0.481 e. The van der Waals surface area contributed by atoms with Gasteiger partial charge in [0.15, 0.2) is 0 Å². The Labute approximate surface area is 138 Å². The smallest absolute Gasteiger partial charge is 0.305 e. The van der Waals surface area contributed by atoms with Crippen molar-refractivity contribution in [2.75, 3.05) is 6.54 Å². The van der Waals surface area contributed by atoms with Gasteiger partial charge in [-0.3, -0.25) is 14.4 Å². The van der Waals surface area contributed by atoms with Crippen molar-refractivity contribution in [2.24, 2.45) is 0 Å². The normalized spacial score (nSPS) is 15.5. The summed E-state index contributed by atoms with van der Waals surface area (Å²) in [5.74, 6) is -1.68. The molecule has 0 atom stereocenters. The first kappa shape index (κ1) is 16.0. The summed E-state index contributed by atoms with van der Waals surface area (Å²) in [4.78, 5) is 38.0. The molecule has 4 N–H and O–H groups in total. The van der Waals surface area contributed by atoms with Crippen molar-refractivity contribution in [2.45, 2.75) is 31.2 Å². The van der Waals surface area contributed by atoms with Crippen LogP contribution in [0.15, 0.2) is 30.3 Å². The number of H-pyrrole nitrogens is 1. The molecule has 126 valence electrons. The molecule has 24 heavy (non-hydrogen) atoms. The van der Waals surface area contributed by atoms with Crippen LogP contribution in [0.1, 0.15) is 36.2 Å². The summed E-state index contributed by atoms with van der Waals surface area (Å²) < 4.78 is 0. The standard InChI is InChI=1S/C17H19N3O4/c21-14(20-17(6-3-7-17)9-15(22)23)10-18-16(24)13-8-11-4-1-2-5-12(11)19-13/h1-2,4-5,8,19H,3,6-7,9-10H2,(H,18,24)(H,20,21)(H,22,23). The van der Waals surface area contributed by atoms with Gasteiger partial charge in [-0.25, -0.2) is 0 Å². The van der Waals surface area contributed by atoms with Gasteiger partial charge in [0.1, 0.15) is 5.69 Å². The average molecular weight is 329 g/mol. The number of carboxylic acids is 1. The van der Waals surface area contributed by atoms with E-state index in [1.165, 1.54) is 0 Å². The first-order valence-electron chi connectivity index (χ1n) is 7.86. The molecule has 2 aromatic rings. The van der Waals surface area contributed by atoms with Crippen LogP contribution in [0.2, 0.25) is 0 Å². The number of amides is 2. The number of hydrogen-bond acceptors (Lipinski definition) is 3. The quantitative estimate of drug-likeness (QED) is 0.642. The van der Waals surface area contributed by atoms with Crippen molar-refractivity contribution in [1.82, 2.24) is 15.6 Å². The van der Waals surface area contributed by atoms with Crippen molar-refractivity contribution in [3.05, 3.63) is 36.0 Å². The Morgan fingerprint density at radius 3 is 2.58 bits per heavy atom. The van der Waals surface area contributed by atoms with Crippen LogP contribution in [0, 0.1) is 0 Å². The summed E-state index contributed by atoms with van der Waals surface area (Å²) in [6.07, 6.45) is 2.12. The van der Waals surface area contributed by atoms with Crippen LogP contribution in [0.3, 0.4) is 0 Å². The van der Waals surface area contributed by atoms with E-state index in [2.05, 4.69) is 15.6 Å². The first-order valence-corrected chi connectivity index (χ1v) is 7.86. The third-order valence-electron chi connectivity index (χ3n) is 4.39. The lowest BCUT2D eigenvalue weighted by atomic mass is 9.74. The molecule has 7 heteroatoms. The van der Waals surface area contributed by atoms with Crippen molar-refractivity contribution in [1.29, 1.82) is 0 Å². The molecule has 1 aromatic heterocycles. The van der Waals surface area contributed by atoms with Crippen LogP contribution in [0.5, 0.6) is 0 Å². The maximum Gasteiger partial charge on any atom is 0.305 e. The van der Waals surface area contributed by atoms with E-state index in [0.29, 0.717) is 18.5 Å². The lowest BCUT2D eigenvalue weighted by molar-refractivity contribution is -0.140. The number of aromatic nitrogens is 1. The molecule has 1 aliphatic carbocycles. The Morgan fingerprint density at radius 2 is 1.96 bits per heavy atom. The Hall–Kier alpha value is -2.83. The summed E-state index contributed by atoms with van der Waals surface area (Å²) in [7, 11) is 0. The summed E-state index contributed by atoms with van der Waals surface area (Å²) in [6, 6.07) is 9.23. The predicted octanol–water partition coefficient (Wildman–Crippen LogP) is 1.41. The molecule has 1 aromatic carbocycles. The van der Waals surface area contributed by atoms with E-state index >= 15 is 0 Å². The van der Waals surface area contributed by atoms with E-state index in [-0.39, 0.29) is 24.8 Å². The molecular formula is C17H19N3O4. The molecule has 0 aliphatic heterocycles. The SMILES string of the molecule is O=C(O)CC1(NC(=O)CNC(=O)c2cc3ccccc3[nH]2)CCC1. The van der Waals surface area contributed by atoms with E-state index in [9.17, 15) is 14.4 Å². The summed E-state index contributed by atoms with van der Waals surface area (Å²) >= 11 is 0. The zero-order valence-electron chi connectivity index (χ0n) is 13.1. The number of carboxylic acid groups (broad SMARTS) is 1. The van der Waals surface area contributed by atoms with Gasteiger partial charge in [0.25, 0.3) is 5.91 Å². The highest BCUT2D eigenvalue weighted by Crippen LogP contribution is 2.34. The van der Waals surface area contributed by atoms with E-state index in [0.717, 1.165) is 17.3 Å². The van der Waals surface area contributed by atoms with Gasteiger partial charge in [0, 0.05) is 10.9 Å². The van der Waals surface area contributed by atoms with Crippen LogP contribution in [0.4, 0.5) is 0 Å². The Morgan fingerprint density at radius 1 is 1.21 bits per heavy atom. The van der Waals surface area contributed by atoms with Crippen LogP contribution in [-0.2, 0) is 9.59 Å². The number of para-hydroxylation sites is 1. The second kappa shape index (κ2) is 6.35. The minimum atomic E-state index is -0.933. The number of carbonyl (C=O) groups is 3. The fourth-order valence-electron chi connectivity index (χ4n) is 3.03. The lowest BCUT2D eigenvalue weighted by Crippen LogP contribution is -2.56. The number of aromatic amines is 1. The highest BCUT2D eigenvalue weighted by Gasteiger charge is 2.40. The fourth-order valence-corrected chi connectivity index (χ4v) is 3.03. The number of hydrogen-bond donors (Lipinski definition) is 4. The Bertz CT molecular complexity index is 759. The number of nitrogens with one attached hydrogen (secondary N) is 3. The number of benzene rings is 1. The van der Waals surface area contributed by atoms with Gasteiger partial charge in [-0.2, -0.15) is 0 Å². The van der Waals surface area contributed by atoms with E-state index in [1.807, 2.05) is 24.3 Å². The molecule has 2 amide bonds. The zero-order valence-corrected chi connectivity index (χ0v) is 13.1. The number of fused-ring (bicyclic) bond motifs is 1. The molecule has 0 radical (unpaired) electrons. The third-order valence-corrected chi connectivity index (χ3v) is 4.39. The lowest BCUT2D eigenvalue weighted by Gasteiger charge is -2.41. The third kappa shape index (κ3) is 3.40. The average Bonchev–Trinajstić information content (AvgIpc) is 2.94. The van der Waals surface area contributed by atoms with Crippen LogP contribution in [-0.4, -0.2) is 40.0 Å². The second-order valence-electron chi connectivity index (χ2n) is 6.21. The van der Waals surface area contributed by atoms with Crippen molar-refractivity contribution in [3.63, 3.8) is 0 Å². The Kier molecular flexibility index (Phi) is 4.24. The molecule has 1 saturated carbocycles. The minimum Gasteiger partial charge on any atom is -0.481 e. The summed E-state index contributed by atoms with van der Waals surface area (Å²) in [5, 5.41) is 15.2. The second-order valence-corrected chi connectivity index (χ2v) is 6.21. The van der Waals surface area contributed by atoms with Crippen molar-refractivity contribution >= 4 is 28.7 Å². The molecule has 0 bridgehead atoms. The van der Waals surface area contributed by atoms with Gasteiger partial charge >= 0.3 is 5.97 Å². The van der Waals surface area contributed by atoms with E-state index < -0.39 is 11.5 Å². The van der Waals surface area contributed by atoms with Gasteiger partial charge in [-0.05, 0) is 31.4 Å². The molecule has 1 fully saturated rings. The van der Waals surface area contributed by atoms with Crippen LogP contribution < -0.4 is 10.6 Å². The number of rotatable bonds is 6. The van der Waals surface area contributed by atoms with E-state index in [1.54, 1.807) is 6.07 Å². The molecule has 0 saturated heterocycles. The highest BCUT2D eigenvalue weighted by molar-refractivity contribution is 5.99. The van der Waals surface area contributed by atoms with Gasteiger partial charge in [-0.15, -0.1) is 0 Å². The molecule has 1 heterocycles. The maximum atomic E-state index is 12.1. The minimum absolute atomic E-state index is 0.0886. The molecule has 7 nitrogen and oxygen atoms in total. The molecule has 1 aliphatic rings. The van der Waals surface area contributed by atoms with E-state index in [4.69, 9.17) is 5.11 Å². The van der Waals surface area contributed by atoms with Gasteiger partial charge in [-0.1, -0.05) is 18.2 Å². The number of carbonyl (C=O) groups excluding carboxylic acids is 2. The predicted molar refractivity (Wildman–Crippen MR) is 87.6 cm³/mol. The molecule has 0 unspecified atom stereocenters. The summed E-state index contributed by atoms with van der Waals surface area (Å²) in [5.41, 5.74) is 0.573. The topological polar surface area (TPSA) is 111 Å². The monoisotopic (exact) mass is 329 g/mol. The summed E-state index contributed by atoms with van der Waals surface area (Å²) in [6.45, 7) is -0.185. The first-order chi connectivity index (χ1) is 11.5. The van der Waals surface area contributed by atoms with Crippen molar-refractivity contribution in [3.8, 4) is 0 Å². The van der Waals surface area contributed by atoms with Gasteiger partial charge in [0.05, 0.1) is 18.5 Å². The molecule has 3 rings (SSSR count). The highest BCUT2D eigenvalue weighted by atomic mass is 16.4.